The lowest BCUT2D eigenvalue weighted by atomic mass is 9.98. The third kappa shape index (κ3) is 4.11. The molecule has 1 heterocycles. The molecular formula is C27H26N2O. The van der Waals surface area contributed by atoms with Crippen molar-refractivity contribution in [3.8, 4) is 11.3 Å². The van der Waals surface area contributed by atoms with Gasteiger partial charge in [-0.05, 0) is 61.2 Å². The number of rotatable bonds is 4. The highest BCUT2D eigenvalue weighted by atomic mass is 16.1. The van der Waals surface area contributed by atoms with Crippen LogP contribution in [0.3, 0.4) is 0 Å². The zero-order valence-corrected chi connectivity index (χ0v) is 17.9. The maximum absolute atomic E-state index is 13.2. The molecule has 4 aromatic rings. The molecule has 1 aromatic heterocycles. The van der Waals surface area contributed by atoms with Crippen molar-refractivity contribution in [2.75, 3.05) is 5.32 Å². The predicted octanol–water partition coefficient (Wildman–Crippen LogP) is 6.89. The monoisotopic (exact) mass is 394 g/mol. The zero-order valence-electron chi connectivity index (χ0n) is 17.9. The molecule has 1 N–H and O–H groups in total. The molecule has 150 valence electrons. The summed E-state index contributed by atoms with van der Waals surface area (Å²) in [6, 6.07) is 24.2. The Balaban J connectivity index is 1.80. The average Bonchev–Trinajstić information content (AvgIpc) is 2.73. The maximum Gasteiger partial charge on any atom is 0.256 e. The zero-order chi connectivity index (χ0) is 21.3. The van der Waals surface area contributed by atoms with Crippen molar-refractivity contribution in [2.24, 2.45) is 0 Å². The van der Waals surface area contributed by atoms with Crippen LogP contribution in [0.5, 0.6) is 0 Å². The molecule has 3 nitrogen and oxygen atoms in total. The molecule has 0 saturated heterocycles. The number of carbonyl (C=O) groups is 1. The summed E-state index contributed by atoms with van der Waals surface area (Å²) in [5.41, 5.74) is 7.54. The van der Waals surface area contributed by atoms with Crippen LogP contribution >= 0.6 is 0 Å². The van der Waals surface area contributed by atoms with Crippen molar-refractivity contribution in [3.63, 3.8) is 0 Å². The number of carbonyl (C=O) groups excluding carboxylic acids is 1. The van der Waals surface area contributed by atoms with Crippen molar-refractivity contribution in [3.05, 3.63) is 95.1 Å². The molecule has 0 bridgehead atoms. The number of aromatic nitrogens is 1. The molecule has 0 radical (unpaired) electrons. The van der Waals surface area contributed by atoms with Crippen LogP contribution < -0.4 is 5.32 Å². The maximum atomic E-state index is 13.2. The highest BCUT2D eigenvalue weighted by molar-refractivity contribution is 6.13. The summed E-state index contributed by atoms with van der Waals surface area (Å²) >= 11 is 0. The summed E-state index contributed by atoms with van der Waals surface area (Å²) in [7, 11) is 0. The Morgan fingerprint density at radius 2 is 1.60 bits per heavy atom. The second-order valence-electron chi connectivity index (χ2n) is 8.18. The molecule has 0 spiro atoms. The van der Waals surface area contributed by atoms with Crippen molar-refractivity contribution >= 4 is 22.5 Å². The number of amides is 1. The molecule has 0 unspecified atom stereocenters. The van der Waals surface area contributed by atoms with Crippen LogP contribution in [0, 0.1) is 13.8 Å². The third-order valence-electron chi connectivity index (χ3n) is 5.36. The van der Waals surface area contributed by atoms with Gasteiger partial charge in [0.05, 0.1) is 16.8 Å². The summed E-state index contributed by atoms with van der Waals surface area (Å²) in [6.45, 7) is 8.40. The number of fused-ring (bicyclic) bond motifs is 1. The number of aryl methyl sites for hydroxylation is 2. The highest BCUT2D eigenvalue weighted by Crippen LogP contribution is 2.28. The van der Waals surface area contributed by atoms with Crippen LogP contribution in [-0.4, -0.2) is 10.9 Å². The minimum Gasteiger partial charge on any atom is -0.322 e. The molecule has 1 amide bonds. The van der Waals surface area contributed by atoms with Gasteiger partial charge in [0.1, 0.15) is 0 Å². The molecule has 0 aliphatic carbocycles. The Hall–Kier alpha value is -3.46. The Morgan fingerprint density at radius 1 is 0.867 bits per heavy atom. The Labute approximate surface area is 177 Å². The Morgan fingerprint density at radius 3 is 2.30 bits per heavy atom. The number of benzene rings is 3. The van der Waals surface area contributed by atoms with Gasteiger partial charge >= 0.3 is 0 Å². The average molecular weight is 395 g/mol. The first-order chi connectivity index (χ1) is 14.4. The lowest BCUT2D eigenvalue weighted by Crippen LogP contribution is -2.13. The van der Waals surface area contributed by atoms with Gasteiger partial charge in [-0.25, -0.2) is 4.98 Å². The summed E-state index contributed by atoms with van der Waals surface area (Å²) in [6.07, 6.45) is 0. The summed E-state index contributed by atoms with van der Waals surface area (Å²) in [5.74, 6) is 0.348. The van der Waals surface area contributed by atoms with Gasteiger partial charge in [-0.1, -0.05) is 61.9 Å². The van der Waals surface area contributed by atoms with Gasteiger partial charge < -0.3 is 5.32 Å². The first-order valence-corrected chi connectivity index (χ1v) is 10.3. The van der Waals surface area contributed by atoms with E-state index in [4.69, 9.17) is 4.98 Å². The largest absolute Gasteiger partial charge is 0.322 e. The first-order valence-electron chi connectivity index (χ1n) is 10.3. The van der Waals surface area contributed by atoms with E-state index in [2.05, 4.69) is 43.4 Å². The number of anilines is 1. The van der Waals surface area contributed by atoms with Crippen molar-refractivity contribution in [1.29, 1.82) is 0 Å². The Kier molecular flexibility index (Phi) is 5.37. The smallest absolute Gasteiger partial charge is 0.256 e. The van der Waals surface area contributed by atoms with Crippen LogP contribution in [-0.2, 0) is 0 Å². The van der Waals surface area contributed by atoms with Gasteiger partial charge in [0.2, 0.25) is 0 Å². The molecule has 0 aliphatic heterocycles. The standard InChI is InChI=1S/C27H26N2O/c1-17(2)20-9-11-21(12-10-20)26-16-24(23-15-19(4)8-13-25(23)29-26)27(30)28-22-7-5-6-18(3)14-22/h5-17H,1-4H3,(H,28,30). The second-order valence-corrected chi connectivity index (χ2v) is 8.18. The van der Waals surface area contributed by atoms with Crippen LogP contribution in [0.1, 0.15) is 46.8 Å². The van der Waals surface area contributed by atoms with Gasteiger partial charge in [0.15, 0.2) is 0 Å². The topological polar surface area (TPSA) is 42.0 Å². The lowest BCUT2D eigenvalue weighted by molar-refractivity contribution is 0.102. The molecule has 0 fully saturated rings. The number of hydrogen-bond acceptors (Lipinski definition) is 2. The van der Waals surface area contributed by atoms with Crippen molar-refractivity contribution in [1.82, 2.24) is 4.98 Å². The molecule has 0 saturated carbocycles. The SMILES string of the molecule is Cc1cccc(NC(=O)c2cc(-c3ccc(C(C)C)cc3)nc3ccc(C)cc23)c1. The van der Waals surface area contributed by atoms with Crippen LogP contribution in [0.25, 0.3) is 22.2 Å². The van der Waals surface area contributed by atoms with E-state index in [1.807, 2.05) is 62.4 Å². The van der Waals surface area contributed by atoms with E-state index < -0.39 is 0 Å². The summed E-state index contributed by atoms with van der Waals surface area (Å²) in [4.78, 5) is 18.1. The van der Waals surface area contributed by atoms with E-state index in [-0.39, 0.29) is 5.91 Å². The number of pyridine rings is 1. The summed E-state index contributed by atoms with van der Waals surface area (Å²) < 4.78 is 0. The van der Waals surface area contributed by atoms with Gasteiger partial charge in [-0.15, -0.1) is 0 Å². The first kappa shape index (κ1) is 19.8. The fourth-order valence-corrected chi connectivity index (χ4v) is 3.64. The van der Waals surface area contributed by atoms with Gasteiger partial charge in [0, 0.05) is 16.6 Å². The van der Waals surface area contributed by atoms with Gasteiger partial charge in [-0.3, -0.25) is 4.79 Å². The number of hydrogen-bond donors (Lipinski definition) is 1. The lowest BCUT2D eigenvalue weighted by Gasteiger charge is -2.12. The quantitative estimate of drug-likeness (QED) is 0.409. The highest BCUT2D eigenvalue weighted by Gasteiger charge is 2.15. The molecule has 0 aliphatic rings. The number of nitrogens with zero attached hydrogens (tertiary/aromatic N) is 1. The van der Waals surface area contributed by atoms with E-state index in [0.717, 1.165) is 39.0 Å². The van der Waals surface area contributed by atoms with Crippen LogP contribution in [0.2, 0.25) is 0 Å². The number of nitrogens with one attached hydrogen (secondary N) is 1. The fourth-order valence-electron chi connectivity index (χ4n) is 3.64. The Bertz CT molecular complexity index is 1220. The molecule has 4 rings (SSSR count). The van der Waals surface area contributed by atoms with Crippen LogP contribution in [0.15, 0.2) is 72.8 Å². The van der Waals surface area contributed by atoms with Gasteiger partial charge in [0.25, 0.3) is 5.91 Å². The molecule has 0 atom stereocenters. The summed E-state index contributed by atoms with van der Waals surface area (Å²) in [5, 5.41) is 3.91. The fraction of sp³-hybridized carbons (Fsp3) is 0.185. The van der Waals surface area contributed by atoms with Gasteiger partial charge in [-0.2, -0.15) is 0 Å². The minimum absolute atomic E-state index is 0.126. The second kappa shape index (κ2) is 8.11. The predicted molar refractivity (Wildman–Crippen MR) is 125 cm³/mol. The molecule has 3 heteroatoms. The van der Waals surface area contributed by atoms with Crippen molar-refractivity contribution in [2.45, 2.75) is 33.6 Å². The van der Waals surface area contributed by atoms with E-state index in [9.17, 15) is 4.79 Å². The molecule has 30 heavy (non-hydrogen) atoms. The minimum atomic E-state index is -0.126. The third-order valence-corrected chi connectivity index (χ3v) is 5.36. The van der Waals surface area contributed by atoms with E-state index in [1.54, 1.807) is 0 Å². The van der Waals surface area contributed by atoms with E-state index >= 15 is 0 Å². The molecule has 3 aromatic carbocycles. The van der Waals surface area contributed by atoms with Crippen LogP contribution in [0.4, 0.5) is 5.69 Å². The molecular weight excluding hydrogens is 368 g/mol. The normalized spacial score (nSPS) is 11.1. The van der Waals surface area contributed by atoms with E-state index in [0.29, 0.717) is 11.5 Å². The van der Waals surface area contributed by atoms with E-state index in [1.165, 1.54) is 5.56 Å². The van der Waals surface area contributed by atoms with Crippen molar-refractivity contribution < 1.29 is 4.79 Å².